The molecule has 2 amide bonds. The fraction of sp³-hybridized carbons (Fsp3) is 0.556. The molecular weight excluding hydrogens is 306 g/mol. The van der Waals surface area contributed by atoms with E-state index in [1.807, 2.05) is 18.7 Å². The van der Waals surface area contributed by atoms with Crippen LogP contribution < -0.4 is 15.4 Å². The minimum Gasteiger partial charge on any atom is -0.478 e. The molecule has 2 aliphatic rings. The predicted octanol–water partition coefficient (Wildman–Crippen LogP) is 2.03. The van der Waals surface area contributed by atoms with Crippen molar-refractivity contribution in [1.82, 2.24) is 4.90 Å². The summed E-state index contributed by atoms with van der Waals surface area (Å²) in [6.45, 7) is 5.47. The molecule has 1 unspecified atom stereocenters. The molecular formula is C18H25N3O3. The number of likely N-dealkylation sites (tertiary alicyclic amines) is 1. The largest absolute Gasteiger partial charge is 0.478 e. The van der Waals surface area contributed by atoms with Gasteiger partial charge in [0.1, 0.15) is 12.3 Å². The van der Waals surface area contributed by atoms with Gasteiger partial charge in [-0.25, -0.2) is 0 Å². The van der Waals surface area contributed by atoms with Crippen molar-refractivity contribution >= 4 is 23.2 Å². The van der Waals surface area contributed by atoms with Gasteiger partial charge in [0, 0.05) is 18.8 Å². The van der Waals surface area contributed by atoms with Gasteiger partial charge in [-0.05, 0) is 43.4 Å². The van der Waals surface area contributed by atoms with Crippen LogP contribution in [0.3, 0.4) is 0 Å². The third-order valence-corrected chi connectivity index (χ3v) is 4.64. The van der Waals surface area contributed by atoms with Crippen LogP contribution >= 0.6 is 0 Å². The van der Waals surface area contributed by atoms with Crippen LogP contribution in [0.15, 0.2) is 18.2 Å². The van der Waals surface area contributed by atoms with Crippen molar-refractivity contribution in [1.29, 1.82) is 0 Å². The first-order chi connectivity index (χ1) is 11.5. The fourth-order valence-electron chi connectivity index (χ4n) is 3.27. The summed E-state index contributed by atoms with van der Waals surface area (Å²) in [7, 11) is 0. The Morgan fingerprint density at radius 2 is 2.00 bits per heavy atom. The molecule has 2 heterocycles. The Hall–Kier alpha value is -2.24. The third-order valence-electron chi connectivity index (χ3n) is 4.64. The third kappa shape index (κ3) is 3.18. The first-order valence-corrected chi connectivity index (χ1v) is 8.62. The SMILES string of the molecule is CC(C)C1Oc2ccc(N)cc2N(CC(=O)N2CCCCC2)C1=O. The highest BCUT2D eigenvalue weighted by molar-refractivity contribution is 6.04. The molecule has 0 aliphatic carbocycles. The van der Waals surface area contributed by atoms with Crippen molar-refractivity contribution in [2.24, 2.45) is 5.92 Å². The lowest BCUT2D eigenvalue weighted by atomic mass is 10.0. The minimum absolute atomic E-state index is 0.0131. The first kappa shape index (κ1) is 16.6. The molecule has 0 radical (unpaired) electrons. The molecule has 0 bridgehead atoms. The Labute approximate surface area is 142 Å². The Balaban J connectivity index is 1.87. The highest BCUT2D eigenvalue weighted by atomic mass is 16.5. The fourth-order valence-corrected chi connectivity index (χ4v) is 3.27. The van der Waals surface area contributed by atoms with Gasteiger partial charge in [0.05, 0.1) is 5.69 Å². The maximum Gasteiger partial charge on any atom is 0.268 e. The summed E-state index contributed by atoms with van der Waals surface area (Å²) in [5.74, 6) is 0.444. The number of anilines is 2. The lowest BCUT2D eigenvalue weighted by Gasteiger charge is -2.37. The Kier molecular flexibility index (Phi) is 4.64. The summed E-state index contributed by atoms with van der Waals surface area (Å²) < 4.78 is 5.85. The molecule has 2 N–H and O–H groups in total. The smallest absolute Gasteiger partial charge is 0.268 e. The lowest BCUT2D eigenvalue weighted by Crippen LogP contribution is -2.52. The number of benzene rings is 1. The average Bonchev–Trinajstić information content (AvgIpc) is 2.57. The van der Waals surface area contributed by atoms with E-state index in [1.54, 1.807) is 18.2 Å². The molecule has 6 nitrogen and oxygen atoms in total. The number of ether oxygens (including phenoxy) is 1. The quantitative estimate of drug-likeness (QED) is 0.860. The normalized spacial score (nSPS) is 20.8. The van der Waals surface area contributed by atoms with Crippen molar-refractivity contribution < 1.29 is 14.3 Å². The number of carbonyl (C=O) groups is 2. The van der Waals surface area contributed by atoms with Gasteiger partial charge in [0.25, 0.3) is 5.91 Å². The van der Waals surface area contributed by atoms with Crippen LogP contribution in [0.1, 0.15) is 33.1 Å². The summed E-state index contributed by atoms with van der Waals surface area (Å²) in [6.07, 6.45) is 2.65. The molecule has 130 valence electrons. The van der Waals surface area contributed by atoms with Gasteiger partial charge in [-0.15, -0.1) is 0 Å². The Bertz CT molecular complexity index is 638. The summed E-state index contributed by atoms with van der Waals surface area (Å²) in [6, 6.07) is 5.22. The van der Waals surface area contributed by atoms with Crippen molar-refractivity contribution in [2.75, 3.05) is 30.3 Å². The highest BCUT2D eigenvalue weighted by Crippen LogP contribution is 2.37. The molecule has 0 saturated carbocycles. The number of nitrogens with zero attached hydrogens (tertiary/aromatic N) is 2. The van der Waals surface area contributed by atoms with Crippen molar-refractivity contribution in [3.8, 4) is 5.75 Å². The maximum absolute atomic E-state index is 12.8. The zero-order chi connectivity index (χ0) is 17.3. The second kappa shape index (κ2) is 6.71. The number of hydrogen-bond donors (Lipinski definition) is 1. The first-order valence-electron chi connectivity index (χ1n) is 8.62. The monoisotopic (exact) mass is 331 g/mol. The van der Waals surface area contributed by atoms with E-state index >= 15 is 0 Å². The molecule has 1 aromatic carbocycles. The molecule has 1 fully saturated rings. The second-order valence-electron chi connectivity index (χ2n) is 6.88. The summed E-state index contributed by atoms with van der Waals surface area (Å²) in [4.78, 5) is 28.9. The van der Waals surface area contributed by atoms with E-state index in [-0.39, 0.29) is 24.3 Å². The van der Waals surface area contributed by atoms with Crippen LogP contribution in [0.5, 0.6) is 5.75 Å². The van der Waals surface area contributed by atoms with E-state index in [1.165, 1.54) is 4.90 Å². The molecule has 2 aliphatic heterocycles. The summed E-state index contributed by atoms with van der Waals surface area (Å²) >= 11 is 0. The zero-order valence-electron chi connectivity index (χ0n) is 14.3. The van der Waals surface area contributed by atoms with Crippen LogP contribution in [0.4, 0.5) is 11.4 Å². The van der Waals surface area contributed by atoms with Crippen molar-refractivity contribution in [3.63, 3.8) is 0 Å². The number of rotatable bonds is 3. The number of carbonyl (C=O) groups excluding carboxylic acids is 2. The Morgan fingerprint density at radius 1 is 1.29 bits per heavy atom. The highest BCUT2D eigenvalue weighted by Gasteiger charge is 2.38. The summed E-state index contributed by atoms with van der Waals surface area (Å²) in [5.41, 5.74) is 7.00. The minimum atomic E-state index is -0.574. The van der Waals surface area contributed by atoms with Gasteiger partial charge >= 0.3 is 0 Å². The number of hydrogen-bond acceptors (Lipinski definition) is 4. The van der Waals surface area contributed by atoms with Gasteiger partial charge in [0.2, 0.25) is 5.91 Å². The second-order valence-corrected chi connectivity index (χ2v) is 6.88. The van der Waals surface area contributed by atoms with E-state index in [2.05, 4.69) is 0 Å². The number of fused-ring (bicyclic) bond motifs is 1. The molecule has 0 aromatic heterocycles. The lowest BCUT2D eigenvalue weighted by molar-refractivity contribution is -0.134. The van der Waals surface area contributed by atoms with E-state index in [0.717, 1.165) is 32.4 Å². The number of amides is 2. The van der Waals surface area contributed by atoms with E-state index < -0.39 is 6.10 Å². The molecule has 6 heteroatoms. The topological polar surface area (TPSA) is 75.9 Å². The zero-order valence-corrected chi connectivity index (χ0v) is 14.3. The number of nitrogens with two attached hydrogens (primary N) is 1. The van der Waals surface area contributed by atoms with Crippen LogP contribution in [0.25, 0.3) is 0 Å². The standard InChI is InChI=1S/C18H25N3O3/c1-12(2)17-18(23)21(11-16(22)20-8-4-3-5-9-20)14-10-13(19)6-7-15(14)24-17/h6-7,10,12,17H,3-5,8-9,11,19H2,1-2H3. The molecule has 24 heavy (non-hydrogen) atoms. The molecule has 1 aromatic rings. The molecule has 3 rings (SSSR count). The molecule has 1 atom stereocenters. The number of piperidine rings is 1. The van der Waals surface area contributed by atoms with Crippen LogP contribution in [0, 0.1) is 5.92 Å². The van der Waals surface area contributed by atoms with Crippen molar-refractivity contribution in [2.45, 2.75) is 39.2 Å². The Morgan fingerprint density at radius 3 is 2.67 bits per heavy atom. The van der Waals surface area contributed by atoms with Crippen LogP contribution in [-0.4, -0.2) is 42.5 Å². The van der Waals surface area contributed by atoms with E-state index in [0.29, 0.717) is 17.1 Å². The van der Waals surface area contributed by atoms with Crippen molar-refractivity contribution in [3.05, 3.63) is 18.2 Å². The van der Waals surface area contributed by atoms with Crippen LogP contribution in [-0.2, 0) is 9.59 Å². The number of nitrogen functional groups attached to an aromatic ring is 1. The van der Waals surface area contributed by atoms with Crippen LogP contribution in [0.2, 0.25) is 0 Å². The van der Waals surface area contributed by atoms with E-state index in [9.17, 15) is 9.59 Å². The molecule has 1 saturated heterocycles. The maximum atomic E-state index is 12.8. The van der Waals surface area contributed by atoms with Gasteiger partial charge < -0.3 is 15.4 Å². The van der Waals surface area contributed by atoms with Gasteiger partial charge in [-0.2, -0.15) is 0 Å². The predicted molar refractivity (Wildman–Crippen MR) is 92.9 cm³/mol. The van der Waals surface area contributed by atoms with Gasteiger partial charge in [-0.1, -0.05) is 13.8 Å². The summed E-state index contributed by atoms with van der Waals surface area (Å²) in [5, 5.41) is 0. The van der Waals surface area contributed by atoms with Gasteiger partial charge in [0.15, 0.2) is 6.10 Å². The van der Waals surface area contributed by atoms with Gasteiger partial charge in [-0.3, -0.25) is 14.5 Å². The van der Waals surface area contributed by atoms with E-state index in [4.69, 9.17) is 10.5 Å². The molecule has 0 spiro atoms. The average molecular weight is 331 g/mol.